The number of carboxylic acid groups (broad SMARTS) is 1. The number of nitrogens with one attached hydrogen (secondary N) is 1. The van der Waals surface area contributed by atoms with E-state index in [1.165, 1.54) is 5.56 Å². The van der Waals surface area contributed by atoms with Gasteiger partial charge in [-0.25, -0.2) is 4.79 Å². The van der Waals surface area contributed by atoms with E-state index in [0.717, 1.165) is 11.1 Å². The van der Waals surface area contributed by atoms with Gasteiger partial charge in [0, 0.05) is 0 Å². The van der Waals surface area contributed by atoms with E-state index in [1.54, 1.807) is 20.8 Å². The van der Waals surface area contributed by atoms with Gasteiger partial charge in [0.05, 0.1) is 6.42 Å². The molecular weight excluding hydrogens is 254 g/mol. The number of carbonyl (C=O) groups is 2. The van der Waals surface area contributed by atoms with Crippen molar-refractivity contribution in [3.63, 3.8) is 0 Å². The van der Waals surface area contributed by atoms with Crippen molar-refractivity contribution < 1.29 is 14.7 Å². The maximum atomic E-state index is 12.0. The number of carbonyl (C=O) groups excluding carboxylic acids is 1. The molecule has 0 aliphatic rings. The smallest absolute Gasteiger partial charge is 0.326 e. The summed E-state index contributed by atoms with van der Waals surface area (Å²) in [5, 5.41) is 11.8. The molecule has 0 aromatic heterocycles. The molecule has 2 N–H and O–H groups in total. The van der Waals surface area contributed by atoms with Crippen LogP contribution < -0.4 is 5.32 Å². The van der Waals surface area contributed by atoms with Crippen LogP contribution in [0.3, 0.4) is 0 Å². The lowest BCUT2D eigenvalue weighted by Crippen LogP contribution is -2.49. The number of carboxylic acids is 1. The quantitative estimate of drug-likeness (QED) is 0.888. The molecule has 0 aliphatic carbocycles. The largest absolute Gasteiger partial charge is 0.480 e. The Morgan fingerprint density at radius 1 is 1.20 bits per heavy atom. The molecule has 4 nitrogen and oxygen atoms in total. The van der Waals surface area contributed by atoms with E-state index < -0.39 is 17.4 Å². The molecule has 0 heterocycles. The number of hydrogen-bond acceptors (Lipinski definition) is 2. The van der Waals surface area contributed by atoms with Crippen molar-refractivity contribution in [1.29, 1.82) is 0 Å². The van der Waals surface area contributed by atoms with Crippen LogP contribution in [-0.4, -0.2) is 23.0 Å². The van der Waals surface area contributed by atoms with E-state index in [-0.39, 0.29) is 12.3 Å². The fraction of sp³-hybridized carbons (Fsp3) is 0.500. The summed E-state index contributed by atoms with van der Waals surface area (Å²) in [6.07, 6.45) is 0.195. The van der Waals surface area contributed by atoms with E-state index in [2.05, 4.69) is 5.32 Å². The van der Waals surface area contributed by atoms with Gasteiger partial charge in [0.1, 0.15) is 6.04 Å². The van der Waals surface area contributed by atoms with Gasteiger partial charge in [0.2, 0.25) is 5.91 Å². The molecule has 0 aliphatic heterocycles. The zero-order valence-corrected chi connectivity index (χ0v) is 12.8. The van der Waals surface area contributed by atoms with Crippen molar-refractivity contribution in [2.75, 3.05) is 0 Å². The number of aryl methyl sites for hydroxylation is 2. The lowest BCUT2D eigenvalue weighted by Gasteiger charge is -2.27. The molecule has 1 atom stereocenters. The van der Waals surface area contributed by atoms with E-state index in [9.17, 15) is 14.7 Å². The first kappa shape index (κ1) is 16.2. The van der Waals surface area contributed by atoms with Crippen LogP contribution in [0.5, 0.6) is 0 Å². The summed E-state index contributed by atoms with van der Waals surface area (Å²) in [6, 6.07) is 4.94. The zero-order valence-electron chi connectivity index (χ0n) is 12.8. The Hall–Kier alpha value is -1.84. The fourth-order valence-corrected chi connectivity index (χ4v) is 1.96. The molecule has 20 heavy (non-hydrogen) atoms. The summed E-state index contributed by atoms with van der Waals surface area (Å²) in [7, 11) is 0. The van der Waals surface area contributed by atoms with Crippen molar-refractivity contribution in [2.24, 2.45) is 5.41 Å². The summed E-state index contributed by atoms with van der Waals surface area (Å²) < 4.78 is 0. The minimum atomic E-state index is -1.01. The molecule has 0 saturated carbocycles. The molecule has 0 spiro atoms. The third-order valence-electron chi connectivity index (χ3n) is 3.35. The van der Waals surface area contributed by atoms with Gasteiger partial charge in [0.25, 0.3) is 0 Å². The first-order valence-corrected chi connectivity index (χ1v) is 6.69. The number of rotatable bonds is 4. The predicted octanol–water partition coefficient (Wildman–Crippen LogP) is 2.46. The molecule has 0 bridgehead atoms. The molecule has 0 fully saturated rings. The van der Waals surface area contributed by atoms with Gasteiger partial charge in [-0.3, -0.25) is 4.79 Å². The van der Waals surface area contributed by atoms with Gasteiger partial charge in [-0.15, -0.1) is 0 Å². The highest BCUT2D eigenvalue weighted by Crippen LogP contribution is 2.19. The van der Waals surface area contributed by atoms with Crippen LogP contribution in [0.15, 0.2) is 18.2 Å². The van der Waals surface area contributed by atoms with E-state index in [0.29, 0.717) is 0 Å². The highest BCUT2D eigenvalue weighted by atomic mass is 16.4. The van der Waals surface area contributed by atoms with Crippen LogP contribution in [0.25, 0.3) is 0 Å². The molecule has 1 amide bonds. The normalized spacial score (nSPS) is 12.8. The molecule has 1 rings (SSSR count). The number of amides is 1. The Morgan fingerprint density at radius 2 is 1.80 bits per heavy atom. The fourth-order valence-electron chi connectivity index (χ4n) is 1.96. The van der Waals surface area contributed by atoms with Crippen LogP contribution in [0, 0.1) is 19.3 Å². The van der Waals surface area contributed by atoms with Crippen molar-refractivity contribution in [3.8, 4) is 0 Å². The molecular formula is C16H23NO3. The van der Waals surface area contributed by atoms with Gasteiger partial charge < -0.3 is 10.4 Å². The minimum Gasteiger partial charge on any atom is -0.480 e. The van der Waals surface area contributed by atoms with Gasteiger partial charge in [-0.05, 0) is 36.0 Å². The lowest BCUT2D eigenvalue weighted by molar-refractivity contribution is -0.144. The third-order valence-corrected chi connectivity index (χ3v) is 3.35. The Labute approximate surface area is 120 Å². The average molecular weight is 277 g/mol. The number of aliphatic carboxylic acids is 1. The van der Waals surface area contributed by atoms with Crippen LogP contribution >= 0.6 is 0 Å². The second-order valence-corrected chi connectivity index (χ2v) is 6.30. The van der Waals surface area contributed by atoms with Crippen LogP contribution in [0.4, 0.5) is 0 Å². The van der Waals surface area contributed by atoms with Crippen LogP contribution in [0.1, 0.15) is 37.5 Å². The Kier molecular flexibility index (Phi) is 4.93. The second kappa shape index (κ2) is 6.07. The van der Waals surface area contributed by atoms with Crippen LogP contribution in [-0.2, 0) is 16.0 Å². The van der Waals surface area contributed by atoms with Crippen molar-refractivity contribution >= 4 is 11.9 Å². The predicted molar refractivity (Wildman–Crippen MR) is 78.6 cm³/mol. The molecule has 110 valence electrons. The van der Waals surface area contributed by atoms with Crippen LogP contribution in [0.2, 0.25) is 0 Å². The van der Waals surface area contributed by atoms with Gasteiger partial charge in [-0.1, -0.05) is 39.0 Å². The molecule has 0 saturated heterocycles. The maximum Gasteiger partial charge on any atom is 0.326 e. The van der Waals surface area contributed by atoms with E-state index >= 15 is 0 Å². The first-order valence-electron chi connectivity index (χ1n) is 6.69. The zero-order chi connectivity index (χ0) is 15.5. The second-order valence-electron chi connectivity index (χ2n) is 6.30. The molecule has 1 aromatic carbocycles. The highest BCUT2D eigenvalue weighted by Gasteiger charge is 2.32. The topological polar surface area (TPSA) is 66.4 Å². The summed E-state index contributed by atoms with van der Waals surface area (Å²) in [5.41, 5.74) is 2.67. The Bertz CT molecular complexity index is 515. The maximum absolute atomic E-state index is 12.0. The summed E-state index contributed by atoms with van der Waals surface area (Å²) in [5.74, 6) is -1.28. The van der Waals surface area contributed by atoms with E-state index in [1.807, 2.05) is 32.0 Å². The standard InChI is InChI=1S/C16H23NO3/c1-10-6-7-12(8-11(10)2)9-13(18)17-14(15(19)20)16(3,4)5/h6-8,14H,9H2,1-5H3,(H,17,18)(H,19,20)/t14-/m1/s1. The molecule has 1 aromatic rings. The van der Waals surface area contributed by atoms with E-state index in [4.69, 9.17) is 0 Å². The van der Waals surface area contributed by atoms with Gasteiger partial charge in [-0.2, -0.15) is 0 Å². The average Bonchev–Trinajstić information content (AvgIpc) is 2.29. The first-order chi connectivity index (χ1) is 9.11. The lowest BCUT2D eigenvalue weighted by atomic mass is 9.86. The van der Waals surface area contributed by atoms with Crippen molar-refractivity contribution in [1.82, 2.24) is 5.32 Å². The number of hydrogen-bond donors (Lipinski definition) is 2. The third kappa shape index (κ3) is 4.37. The molecule has 0 radical (unpaired) electrons. The molecule has 4 heteroatoms. The summed E-state index contributed by atoms with van der Waals surface area (Å²) >= 11 is 0. The van der Waals surface area contributed by atoms with Gasteiger partial charge >= 0.3 is 5.97 Å². The van der Waals surface area contributed by atoms with Crippen molar-refractivity contribution in [2.45, 2.75) is 47.1 Å². The summed E-state index contributed by atoms with van der Waals surface area (Å²) in [4.78, 5) is 23.2. The molecule has 0 unspecified atom stereocenters. The van der Waals surface area contributed by atoms with Crippen molar-refractivity contribution in [3.05, 3.63) is 34.9 Å². The SMILES string of the molecule is Cc1ccc(CC(=O)N[C@H](C(=O)O)C(C)(C)C)cc1C. The Balaban J connectivity index is 2.76. The monoisotopic (exact) mass is 277 g/mol. The summed E-state index contributed by atoms with van der Waals surface area (Å²) in [6.45, 7) is 9.39. The minimum absolute atomic E-state index is 0.195. The Morgan fingerprint density at radius 3 is 2.25 bits per heavy atom. The number of benzene rings is 1. The highest BCUT2D eigenvalue weighted by molar-refractivity contribution is 5.85. The van der Waals surface area contributed by atoms with Gasteiger partial charge in [0.15, 0.2) is 0 Å².